The van der Waals surface area contributed by atoms with Gasteiger partial charge in [0.15, 0.2) is 0 Å². The van der Waals surface area contributed by atoms with Crippen LogP contribution in [-0.4, -0.2) is 26.9 Å². The fourth-order valence-electron chi connectivity index (χ4n) is 3.32. The number of hydrogen-bond acceptors (Lipinski definition) is 3. The zero-order valence-electron chi connectivity index (χ0n) is 14.3. The lowest BCUT2D eigenvalue weighted by Crippen LogP contribution is -2.03. The number of carbonyl (C=O) groups is 1. The fourth-order valence-corrected chi connectivity index (χ4v) is 3.32. The van der Waals surface area contributed by atoms with Crippen LogP contribution < -0.4 is 0 Å². The summed E-state index contributed by atoms with van der Waals surface area (Å²) in [7, 11) is 1.94. The van der Waals surface area contributed by atoms with Crippen LogP contribution in [0.1, 0.15) is 22.8 Å². The molecule has 2 aromatic heterocycles. The van der Waals surface area contributed by atoms with Gasteiger partial charge in [-0.3, -0.25) is 4.68 Å². The van der Waals surface area contributed by atoms with Crippen LogP contribution in [0.5, 0.6) is 0 Å². The van der Waals surface area contributed by atoms with E-state index >= 15 is 0 Å². The smallest absolute Gasteiger partial charge is 0.340 e. The van der Waals surface area contributed by atoms with E-state index in [1.807, 2.05) is 65.9 Å². The number of aromatic nitrogens is 3. The standard InChI is InChI=1S/C20H19N3O2/c1-3-25-20(24)17-13-22(2)19-15(17)9-10-18-16(19)11-21-23(18)12-14-7-5-4-6-8-14/h4-11,13H,3,12H2,1-2H3. The minimum Gasteiger partial charge on any atom is -0.462 e. The lowest BCUT2D eigenvalue weighted by molar-refractivity contribution is 0.0528. The van der Waals surface area contributed by atoms with Gasteiger partial charge in [-0.05, 0) is 24.6 Å². The highest BCUT2D eigenvalue weighted by Gasteiger charge is 2.18. The number of hydrogen-bond donors (Lipinski definition) is 0. The number of ether oxygens (including phenoxy) is 1. The Bertz CT molecular complexity index is 1060. The van der Waals surface area contributed by atoms with E-state index < -0.39 is 0 Å². The first-order chi connectivity index (χ1) is 12.2. The van der Waals surface area contributed by atoms with Gasteiger partial charge in [-0.2, -0.15) is 5.10 Å². The molecule has 0 saturated heterocycles. The highest BCUT2D eigenvalue weighted by atomic mass is 16.5. The summed E-state index contributed by atoms with van der Waals surface area (Å²) in [6.45, 7) is 2.90. The molecule has 0 amide bonds. The molecule has 0 saturated carbocycles. The van der Waals surface area contributed by atoms with Gasteiger partial charge in [-0.25, -0.2) is 4.79 Å². The second-order valence-electron chi connectivity index (χ2n) is 6.06. The third kappa shape index (κ3) is 2.58. The minimum atomic E-state index is -0.288. The van der Waals surface area contributed by atoms with Crippen LogP contribution >= 0.6 is 0 Å². The van der Waals surface area contributed by atoms with Crippen LogP contribution in [0.25, 0.3) is 21.8 Å². The molecule has 126 valence electrons. The summed E-state index contributed by atoms with van der Waals surface area (Å²) in [6, 6.07) is 14.3. The maximum atomic E-state index is 12.2. The van der Waals surface area contributed by atoms with Gasteiger partial charge in [-0.15, -0.1) is 0 Å². The number of nitrogens with zero attached hydrogens (tertiary/aromatic N) is 3. The lowest BCUT2D eigenvalue weighted by atomic mass is 10.1. The average Bonchev–Trinajstić information content (AvgIpc) is 3.17. The van der Waals surface area contributed by atoms with Crippen molar-refractivity contribution in [3.8, 4) is 0 Å². The topological polar surface area (TPSA) is 49.1 Å². The van der Waals surface area contributed by atoms with Crippen LogP contribution in [-0.2, 0) is 18.3 Å². The Morgan fingerprint density at radius 2 is 1.92 bits per heavy atom. The number of carbonyl (C=O) groups excluding carboxylic acids is 1. The van der Waals surface area contributed by atoms with E-state index in [1.165, 1.54) is 5.56 Å². The van der Waals surface area contributed by atoms with Crippen molar-refractivity contribution in [3.05, 3.63) is 66.0 Å². The second kappa shape index (κ2) is 6.09. The first-order valence-electron chi connectivity index (χ1n) is 8.33. The normalized spacial score (nSPS) is 11.3. The number of benzene rings is 2. The van der Waals surface area contributed by atoms with Crippen molar-refractivity contribution in [2.75, 3.05) is 6.61 Å². The lowest BCUT2D eigenvalue weighted by Gasteiger charge is -2.05. The molecule has 0 fully saturated rings. The molecular weight excluding hydrogens is 314 g/mol. The van der Waals surface area contributed by atoms with E-state index in [9.17, 15) is 4.79 Å². The molecule has 0 atom stereocenters. The van der Waals surface area contributed by atoms with Gasteiger partial charge < -0.3 is 9.30 Å². The third-order valence-corrected chi connectivity index (χ3v) is 4.43. The summed E-state index contributed by atoms with van der Waals surface area (Å²) in [5, 5.41) is 6.49. The highest BCUT2D eigenvalue weighted by molar-refractivity contribution is 6.12. The zero-order valence-corrected chi connectivity index (χ0v) is 14.3. The maximum Gasteiger partial charge on any atom is 0.340 e. The van der Waals surface area contributed by atoms with E-state index in [-0.39, 0.29) is 5.97 Å². The number of aryl methyl sites for hydroxylation is 1. The van der Waals surface area contributed by atoms with E-state index in [2.05, 4.69) is 17.2 Å². The molecule has 4 rings (SSSR count). The monoisotopic (exact) mass is 333 g/mol. The van der Waals surface area contributed by atoms with E-state index in [0.717, 1.165) is 21.8 Å². The Balaban J connectivity index is 1.84. The van der Waals surface area contributed by atoms with Crippen molar-refractivity contribution >= 4 is 27.8 Å². The summed E-state index contributed by atoms with van der Waals surface area (Å²) in [5.41, 5.74) is 3.84. The third-order valence-electron chi connectivity index (χ3n) is 4.43. The molecule has 0 bridgehead atoms. The predicted octanol–water partition coefficient (Wildman–Crippen LogP) is 3.75. The quantitative estimate of drug-likeness (QED) is 0.534. The molecule has 5 heteroatoms. The first kappa shape index (κ1) is 15.4. The number of esters is 1. The average molecular weight is 333 g/mol. The van der Waals surface area contributed by atoms with Gasteiger partial charge in [0.2, 0.25) is 0 Å². The van der Waals surface area contributed by atoms with Crippen molar-refractivity contribution in [3.63, 3.8) is 0 Å². The first-order valence-corrected chi connectivity index (χ1v) is 8.33. The molecule has 4 aromatic rings. The van der Waals surface area contributed by atoms with E-state index in [4.69, 9.17) is 4.74 Å². The van der Waals surface area contributed by atoms with Gasteiger partial charge in [0.05, 0.1) is 35.9 Å². The molecule has 5 nitrogen and oxygen atoms in total. The second-order valence-corrected chi connectivity index (χ2v) is 6.06. The van der Waals surface area contributed by atoms with E-state index in [0.29, 0.717) is 18.7 Å². The van der Waals surface area contributed by atoms with Crippen molar-refractivity contribution in [1.82, 2.24) is 14.3 Å². The molecule has 0 aliphatic rings. The SMILES string of the molecule is CCOC(=O)c1cn(C)c2c1ccc1c2cnn1Cc1ccccc1. The Morgan fingerprint density at radius 1 is 1.12 bits per heavy atom. The number of rotatable bonds is 4. The molecule has 25 heavy (non-hydrogen) atoms. The summed E-state index contributed by atoms with van der Waals surface area (Å²) in [6.07, 6.45) is 3.70. The Kier molecular flexibility index (Phi) is 3.76. The molecule has 0 spiro atoms. The summed E-state index contributed by atoms with van der Waals surface area (Å²) >= 11 is 0. The molecule has 0 N–H and O–H groups in total. The molecule has 0 aliphatic carbocycles. The summed E-state index contributed by atoms with van der Waals surface area (Å²) in [5.74, 6) is -0.288. The van der Waals surface area contributed by atoms with Crippen molar-refractivity contribution < 1.29 is 9.53 Å². The predicted molar refractivity (Wildman–Crippen MR) is 97.7 cm³/mol. The van der Waals surface area contributed by atoms with Crippen LogP contribution in [0.2, 0.25) is 0 Å². The van der Waals surface area contributed by atoms with Crippen LogP contribution in [0, 0.1) is 0 Å². The summed E-state index contributed by atoms with van der Waals surface area (Å²) < 4.78 is 9.13. The van der Waals surface area contributed by atoms with Gasteiger partial charge in [0.1, 0.15) is 0 Å². The highest BCUT2D eigenvalue weighted by Crippen LogP contribution is 2.29. The molecule has 0 unspecified atom stereocenters. The molecule has 2 aromatic carbocycles. The van der Waals surface area contributed by atoms with Crippen LogP contribution in [0.4, 0.5) is 0 Å². The molecular formula is C20H19N3O2. The van der Waals surface area contributed by atoms with E-state index in [1.54, 1.807) is 0 Å². The van der Waals surface area contributed by atoms with Gasteiger partial charge in [-0.1, -0.05) is 30.3 Å². The van der Waals surface area contributed by atoms with Crippen molar-refractivity contribution in [2.45, 2.75) is 13.5 Å². The molecule has 0 radical (unpaired) electrons. The Hall–Kier alpha value is -3.08. The number of fused-ring (bicyclic) bond motifs is 3. The van der Waals surface area contributed by atoms with Crippen molar-refractivity contribution in [1.29, 1.82) is 0 Å². The van der Waals surface area contributed by atoms with Crippen LogP contribution in [0.15, 0.2) is 54.9 Å². The Labute approximate surface area is 145 Å². The largest absolute Gasteiger partial charge is 0.462 e. The van der Waals surface area contributed by atoms with Gasteiger partial charge in [0.25, 0.3) is 0 Å². The van der Waals surface area contributed by atoms with Gasteiger partial charge in [0, 0.05) is 24.0 Å². The minimum absolute atomic E-state index is 0.288. The van der Waals surface area contributed by atoms with Crippen molar-refractivity contribution in [2.24, 2.45) is 7.05 Å². The maximum absolute atomic E-state index is 12.2. The summed E-state index contributed by atoms with van der Waals surface area (Å²) in [4.78, 5) is 12.2. The Morgan fingerprint density at radius 3 is 2.68 bits per heavy atom. The van der Waals surface area contributed by atoms with Gasteiger partial charge >= 0.3 is 5.97 Å². The van der Waals surface area contributed by atoms with Crippen LogP contribution in [0.3, 0.4) is 0 Å². The molecule has 2 heterocycles. The zero-order chi connectivity index (χ0) is 17.4. The fraction of sp³-hybridized carbons (Fsp3) is 0.200. The molecule has 0 aliphatic heterocycles.